The van der Waals surface area contributed by atoms with Gasteiger partial charge in [-0.2, -0.15) is 0 Å². The highest BCUT2D eigenvalue weighted by Crippen LogP contribution is 2.32. The Morgan fingerprint density at radius 1 is 1.11 bits per heavy atom. The number of aromatic nitrogens is 2. The van der Waals surface area contributed by atoms with Gasteiger partial charge in [0.15, 0.2) is 17.3 Å². The number of amides is 1. The smallest absolute Gasteiger partial charge is 0.272 e. The second-order valence-electron chi connectivity index (χ2n) is 6.90. The number of nitrogens with zero attached hydrogens (tertiary/aromatic N) is 3. The van der Waals surface area contributed by atoms with Gasteiger partial charge in [-0.1, -0.05) is 12.1 Å². The summed E-state index contributed by atoms with van der Waals surface area (Å²) in [5, 5.41) is 11.2. The van der Waals surface area contributed by atoms with Crippen molar-refractivity contribution in [3.8, 4) is 5.75 Å². The molecule has 0 bridgehead atoms. The van der Waals surface area contributed by atoms with Crippen molar-refractivity contribution < 1.29 is 19.0 Å². The first kappa shape index (κ1) is 18.6. The maximum absolute atomic E-state index is 12.3. The van der Waals surface area contributed by atoms with E-state index >= 15 is 0 Å². The van der Waals surface area contributed by atoms with Gasteiger partial charge in [0.25, 0.3) is 5.91 Å². The largest absolute Gasteiger partial charge is 0.497 e. The van der Waals surface area contributed by atoms with Crippen molar-refractivity contribution in [1.82, 2.24) is 15.5 Å². The summed E-state index contributed by atoms with van der Waals surface area (Å²) in [5.74, 6) is 0.886. The maximum Gasteiger partial charge on any atom is 0.272 e. The minimum Gasteiger partial charge on any atom is -0.497 e. The lowest BCUT2D eigenvalue weighted by atomic mass is 10.0. The summed E-state index contributed by atoms with van der Waals surface area (Å²) < 4.78 is 16.6. The predicted molar refractivity (Wildman–Crippen MR) is 102 cm³/mol. The average Bonchev–Trinajstić information content (AvgIpc) is 3.21. The number of rotatable bonds is 5. The molecule has 1 amide bonds. The molecule has 0 aliphatic carbocycles. The molecular weight excluding hydrogens is 360 g/mol. The van der Waals surface area contributed by atoms with E-state index in [-0.39, 0.29) is 5.91 Å². The predicted octanol–water partition coefficient (Wildman–Crippen LogP) is 1.76. The zero-order chi connectivity index (χ0) is 19.4. The van der Waals surface area contributed by atoms with Crippen LogP contribution in [0.25, 0.3) is 0 Å². The first-order valence-corrected chi connectivity index (χ1v) is 9.45. The molecule has 2 fully saturated rings. The van der Waals surface area contributed by atoms with E-state index in [4.69, 9.17) is 14.2 Å². The highest BCUT2D eigenvalue weighted by molar-refractivity contribution is 5.92. The molecule has 1 N–H and O–H groups in total. The van der Waals surface area contributed by atoms with Gasteiger partial charge < -0.3 is 24.4 Å². The standard InChI is InChI=1S/C20H24N4O4/c1-26-16-4-2-15(3-5-16)14-21-19(25)17-6-7-18(23-22-17)24-10-8-20(9-11-24)27-12-13-28-20/h2-7H,8-14H2,1H3,(H,21,25). The minimum absolute atomic E-state index is 0.250. The van der Waals surface area contributed by atoms with Crippen molar-refractivity contribution in [3.63, 3.8) is 0 Å². The summed E-state index contributed by atoms with van der Waals surface area (Å²) in [6, 6.07) is 11.1. The maximum atomic E-state index is 12.3. The summed E-state index contributed by atoms with van der Waals surface area (Å²) >= 11 is 0. The monoisotopic (exact) mass is 384 g/mol. The van der Waals surface area contributed by atoms with E-state index in [2.05, 4.69) is 20.4 Å². The van der Waals surface area contributed by atoms with Crippen molar-refractivity contribution in [2.24, 2.45) is 0 Å². The number of nitrogens with one attached hydrogen (secondary N) is 1. The second kappa shape index (κ2) is 8.12. The Bertz CT molecular complexity index is 794. The van der Waals surface area contributed by atoms with Crippen LogP contribution in [0.3, 0.4) is 0 Å². The fourth-order valence-corrected chi connectivity index (χ4v) is 3.49. The number of hydrogen-bond acceptors (Lipinski definition) is 7. The van der Waals surface area contributed by atoms with Gasteiger partial charge in [0.2, 0.25) is 0 Å². The average molecular weight is 384 g/mol. The van der Waals surface area contributed by atoms with Crippen LogP contribution in [0.15, 0.2) is 36.4 Å². The molecule has 8 heteroatoms. The van der Waals surface area contributed by atoms with Crippen LogP contribution < -0.4 is 15.0 Å². The first-order chi connectivity index (χ1) is 13.7. The van der Waals surface area contributed by atoms with Gasteiger partial charge >= 0.3 is 0 Å². The van der Waals surface area contributed by atoms with E-state index in [1.54, 1.807) is 13.2 Å². The third kappa shape index (κ3) is 4.07. The quantitative estimate of drug-likeness (QED) is 0.841. The molecule has 1 aromatic carbocycles. The van der Waals surface area contributed by atoms with Crippen LogP contribution in [0.4, 0.5) is 5.82 Å². The molecule has 2 aliphatic rings. The summed E-state index contributed by atoms with van der Waals surface area (Å²) in [6.07, 6.45) is 1.61. The van der Waals surface area contributed by atoms with Crippen LogP contribution in [0.1, 0.15) is 28.9 Å². The van der Waals surface area contributed by atoms with E-state index in [1.807, 2.05) is 30.3 Å². The summed E-state index contributed by atoms with van der Waals surface area (Å²) in [4.78, 5) is 14.5. The van der Waals surface area contributed by atoms with Gasteiger partial charge in [0, 0.05) is 32.5 Å². The Hall–Kier alpha value is -2.71. The molecule has 28 heavy (non-hydrogen) atoms. The number of carbonyl (C=O) groups excluding carboxylic acids is 1. The van der Waals surface area contributed by atoms with Crippen LogP contribution in [0.2, 0.25) is 0 Å². The van der Waals surface area contributed by atoms with Gasteiger partial charge in [0.1, 0.15) is 5.75 Å². The molecule has 0 radical (unpaired) electrons. The molecule has 1 aromatic heterocycles. The van der Waals surface area contributed by atoms with Crippen molar-refractivity contribution in [2.75, 3.05) is 38.3 Å². The molecule has 0 saturated carbocycles. The lowest BCUT2D eigenvalue weighted by Gasteiger charge is -2.37. The van der Waals surface area contributed by atoms with E-state index in [9.17, 15) is 4.79 Å². The molecule has 2 aromatic rings. The Kier molecular flexibility index (Phi) is 5.40. The lowest BCUT2D eigenvalue weighted by molar-refractivity contribution is -0.169. The topological polar surface area (TPSA) is 85.8 Å². The van der Waals surface area contributed by atoms with Crippen molar-refractivity contribution in [1.29, 1.82) is 0 Å². The summed E-state index contributed by atoms with van der Waals surface area (Å²) in [6.45, 7) is 3.33. The fraction of sp³-hybridized carbons (Fsp3) is 0.450. The number of anilines is 1. The lowest BCUT2D eigenvalue weighted by Crippen LogP contribution is -2.45. The molecule has 0 atom stereocenters. The Morgan fingerprint density at radius 2 is 1.82 bits per heavy atom. The molecular formula is C20H24N4O4. The van der Waals surface area contributed by atoms with Gasteiger partial charge in [0.05, 0.1) is 20.3 Å². The van der Waals surface area contributed by atoms with Crippen LogP contribution in [-0.2, 0) is 16.0 Å². The van der Waals surface area contributed by atoms with Crippen molar-refractivity contribution in [3.05, 3.63) is 47.7 Å². The number of carbonyl (C=O) groups is 1. The van der Waals surface area contributed by atoms with E-state index in [1.165, 1.54) is 0 Å². The van der Waals surface area contributed by atoms with Gasteiger partial charge in [-0.25, -0.2) is 0 Å². The van der Waals surface area contributed by atoms with Gasteiger partial charge in [-0.05, 0) is 29.8 Å². The highest BCUT2D eigenvalue weighted by atomic mass is 16.7. The molecule has 0 unspecified atom stereocenters. The number of hydrogen-bond donors (Lipinski definition) is 1. The van der Waals surface area contributed by atoms with Gasteiger partial charge in [-0.15, -0.1) is 10.2 Å². The zero-order valence-corrected chi connectivity index (χ0v) is 15.9. The van der Waals surface area contributed by atoms with E-state index in [0.29, 0.717) is 25.5 Å². The Labute approximate surface area is 163 Å². The highest BCUT2D eigenvalue weighted by Gasteiger charge is 2.40. The van der Waals surface area contributed by atoms with Crippen molar-refractivity contribution in [2.45, 2.75) is 25.2 Å². The summed E-state index contributed by atoms with van der Waals surface area (Å²) in [7, 11) is 1.62. The second-order valence-corrected chi connectivity index (χ2v) is 6.90. The molecule has 3 heterocycles. The molecule has 4 rings (SSSR count). The number of ether oxygens (including phenoxy) is 3. The van der Waals surface area contributed by atoms with Crippen LogP contribution in [0.5, 0.6) is 5.75 Å². The van der Waals surface area contributed by atoms with Gasteiger partial charge in [-0.3, -0.25) is 4.79 Å². The summed E-state index contributed by atoms with van der Waals surface area (Å²) in [5.41, 5.74) is 1.28. The number of methoxy groups -OCH3 is 1. The zero-order valence-electron chi connectivity index (χ0n) is 15.9. The third-order valence-electron chi connectivity index (χ3n) is 5.16. The number of benzene rings is 1. The first-order valence-electron chi connectivity index (χ1n) is 9.45. The fourth-order valence-electron chi connectivity index (χ4n) is 3.49. The molecule has 8 nitrogen and oxygen atoms in total. The minimum atomic E-state index is -0.411. The normalized spacial score (nSPS) is 18.2. The van der Waals surface area contributed by atoms with Crippen LogP contribution in [-0.4, -0.2) is 55.3 Å². The van der Waals surface area contributed by atoms with Crippen LogP contribution >= 0.6 is 0 Å². The third-order valence-corrected chi connectivity index (χ3v) is 5.16. The molecule has 2 saturated heterocycles. The van der Waals surface area contributed by atoms with Crippen molar-refractivity contribution >= 4 is 11.7 Å². The Balaban J connectivity index is 1.30. The van der Waals surface area contributed by atoms with Crippen LogP contribution in [0, 0.1) is 0 Å². The molecule has 1 spiro atoms. The van der Waals surface area contributed by atoms with E-state index < -0.39 is 5.79 Å². The SMILES string of the molecule is COc1ccc(CNC(=O)c2ccc(N3CCC4(CC3)OCCO4)nn2)cc1. The van der Waals surface area contributed by atoms with E-state index in [0.717, 1.165) is 43.1 Å². The molecule has 148 valence electrons. The molecule has 2 aliphatic heterocycles. The number of piperidine rings is 1. The Morgan fingerprint density at radius 3 is 2.43 bits per heavy atom.